The van der Waals surface area contributed by atoms with Crippen LogP contribution in [-0.4, -0.2) is 27.5 Å². The minimum atomic E-state index is -0.231. The number of rotatable bonds is 8. The van der Waals surface area contributed by atoms with Crippen molar-refractivity contribution in [2.75, 3.05) is 6.61 Å². The Morgan fingerprint density at radius 1 is 0.938 bits per heavy atom. The van der Waals surface area contributed by atoms with Gasteiger partial charge < -0.3 is 14.8 Å². The molecule has 0 spiro atoms. The Hall–Kier alpha value is -4.26. The van der Waals surface area contributed by atoms with Crippen molar-refractivity contribution in [3.63, 3.8) is 0 Å². The first-order valence-corrected chi connectivity index (χ1v) is 10.2. The summed E-state index contributed by atoms with van der Waals surface area (Å²) in [4.78, 5) is 25.3. The van der Waals surface area contributed by atoms with Crippen LogP contribution in [0.4, 0.5) is 0 Å². The second-order valence-electron chi connectivity index (χ2n) is 6.82. The smallest absolute Gasteiger partial charge is 0.244 e. The van der Waals surface area contributed by atoms with E-state index in [-0.39, 0.29) is 5.91 Å². The lowest BCUT2D eigenvalue weighted by Crippen LogP contribution is -2.20. The molecule has 0 bridgehead atoms. The molecule has 4 aromatic rings. The van der Waals surface area contributed by atoms with Crippen LogP contribution in [-0.2, 0) is 11.3 Å². The lowest BCUT2D eigenvalue weighted by atomic mass is 10.2. The van der Waals surface area contributed by atoms with Crippen molar-refractivity contribution in [2.45, 2.75) is 13.5 Å². The Kier molecular flexibility index (Phi) is 6.67. The molecular weight excluding hydrogens is 404 g/mol. The maximum absolute atomic E-state index is 12.2. The van der Waals surface area contributed by atoms with E-state index in [0.717, 1.165) is 16.6 Å². The molecule has 0 aliphatic heterocycles. The fourth-order valence-corrected chi connectivity index (χ4v) is 2.96. The normalized spacial score (nSPS) is 10.9. The van der Waals surface area contributed by atoms with Crippen molar-refractivity contribution in [2.24, 2.45) is 0 Å². The Morgan fingerprint density at radius 3 is 2.50 bits per heavy atom. The van der Waals surface area contributed by atoms with Crippen molar-refractivity contribution in [3.8, 4) is 17.4 Å². The van der Waals surface area contributed by atoms with Gasteiger partial charge in [0.15, 0.2) is 11.5 Å². The number of pyridine rings is 1. The Morgan fingerprint density at radius 2 is 1.72 bits per heavy atom. The van der Waals surface area contributed by atoms with Crippen LogP contribution in [0.25, 0.3) is 17.1 Å². The number of carbonyl (C=O) groups is 1. The van der Waals surface area contributed by atoms with E-state index >= 15 is 0 Å². The van der Waals surface area contributed by atoms with Crippen LogP contribution in [0.3, 0.4) is 0 Å². The minimum Gasteiger partial charge on any atom is -0.490 e. The molecule has 0 atom stereocenters. The first-order chi connectivity index (χ1) is 15.7. The van der Waals surface area contributed by atoms with Crippen molar-refractivity contribution in [3.05, 3.63) is 90.4 Å². The Labute approximate surface area is 185 Å². The quantitative estimate of drug-likeness (QED) is 0.416. The van der Waals surface area contributed by atoms with Crippen LogP contribution in [0.15, 0.2) is 79.1 Å². The third-order valence-corrected chi connectivity index (χ3v) is 4.50. The third-order valence-electron chi connectivity index (χ3n) is 4.50. The van der Waals surface area contributed by atoms with Gasteiger partial charge >= 0.3 is 0 Å². The zero-order valence-corrected chi connectivity index (χ0v) is 17.6. The van der Waals surface area contributed by atoms with Crippen molar-refractivity contribution < 1.29 is 14.3 Å². The van der Waals surface area contributed by atoms with Gasteiger partial charge in [-0.2, -0.15) is 0 Å². The summed E-state index contributed by atoms with van der Waals surface area (Å²) in [6, 6.07) is 18.6. The van der Waals surface area contributed by atoms with E-state index in [0.29, 0.717) is 36.2 Å². The fourth-order valence-electron chi connectivity index (χ4n) is 2.96. The van der Waals surface area contributed by atoms with E-state index in [2.05, 4.69) is 20.3 Å². The number of aromatic nitrogens is 3. The molecule has 0 fully saturated rings. The molecule has 4 rings (SSSR count). The van der Waals surface area contributed by atoms with Crippen molar-refractivity contribution >= 4 is 23.0 Å². The number of para-hydroxylation sites is 4. The number of ether oxygens (including phenoxy) is 2. The molecule has 0 saturated heterocycles. The van der Waals surface area contributed by atoms with Gasteiger partial charge in [-0.15, -0.1) is 0 Å². The molecule has 0 aliphatic carbocycles. The highest BCUT2D eigenvalue weighted by molar-refractivity contribution is 5.91. The summed E-state index contributed by atoms with van der Waals surface area (Å²) < 4.78 is 11.4. The molecule has 0 radical (unpaired) electrons. The molecule has 0 unspecified atom stereocenters. The maximum atomic E-state index is 12.2. The number of carbonyl (C=O) groups excluding carboxylic acids is 1. The average molecular weight is 426 g/mol. The summed E-state index contributed by atoms with van der Waals surface area (Å²) in [5.41, 5.74) is 3.07. The molecular formula is C25H22N4O3. The monoisotopic (exact) mass is 426 g/mol. The summed E-state index contributed by atoms with van der Waals surface area (Å²) in [5.74, 6) is 1.48. The predicted octanol–water partition coefficient (Wildman–Crippen LogP) is 4.55. The van der Waals surface area contributed by atoms with E-state index < -0.39 is 0 Å². The van der Waals surface area contributed by atoms with E-state index in [9.17, 15) is 4.79 Å². The fraction of sp³-hybridized carbons (Fsp3) is 0.120. The van der Waals surface area contributed by atoms with Gasteiger partial charge in [-0.25, -0.2) is 9.97 Å². The topological polar surface area (TPSA) is 86.2 Å². The van der Waals surface area contributed by atoms with Crippen LogP contribution in [0.1, 0.15) is 18.2 Å². The van der Waals surface area contributed by atoms with Gasteiger partial charge in [0.25, 0.3) is 0 Å². The second-order valence-corrected chi connectivity index (χ2v) is 6.82. The second kappa shape index (κ2) is 10.2. The highest BCUT2D eigenvalue weighted by atomic mass is 16.5. The van der Waals surface area contributed by atoms with Gasteiger partial charge in [0.2, 0.25) is 11.8 Å². The summed E-state index contributed by atoms with van der Waals surface area (Å²) in [6.45, 7) is 2.81. The first kappa shape index (κ1) is 21.0. The molecule has 1 amide bonds. The number of hydrogen-bond acceptors (Lipinski definition) is 6. The zero-order valence-electron chi connectivity index (χ0n) is 17.6. The summed E-state index contributed by atoms with van der Waals surface area (Å²) in [6.07, 6.45) is 6.38. The SMILES string of the molecule is CCOc1ccccc1Oc1ccc(CNC(=O)/C=C/c2cnc3ccccc3n2)cn1. The van der Waals surface area contributed by atoms with Gasteiger partial charge in [0.1, 0.15) is 0 Å². The lowest BCUT2D eigenvalue weighted by Gasteiger charge is -2.10. The Bertz CT molecular complexity index is 1240. The van der Waals surface area contributed by atoms with Crippen molar-refractivity contribution in [1.29, 1.82) is 0 Å². The minimum absolute atomic E-state index is 0.231. The zero-order chi connectivity index (χ0) is 22.2. The van der Waals surface area contributed by atoms with Gasteiger partial charge in [-0.3, -0.25) is 9.78 Å². The van der Waals surface area contributed by atoms with E-state index in [1.807, 2.05) is 61.5 Å². The standard InChI is InChI=1S/C25H22N4O3/c1-2-31-22-9-5-6-10-23(22)32-25-14-11-18(16-28-25)15-27-24(30)13-12-19-17-26-20-7-3-4-8-21(20)29-19/h3-14,16-17H,2,15H2,1H3,(H,27,30)/b13-12+. The largest absolute Gasteiger partial charge is 0.490 e. The Balaban J connectivity index is 1.31. The molecule has 2 aromatic carbocycles. The van der Waals surface area contributed by atoms with Gasteiger partial charge in [-0.1, -0.05) is 30.3 Å². The predicted molar refractivity (Wildman–Crippen MR) is 122 cm³/mol. The first-order valence-electron chi connectivity index (χ1n) is 10.2. The summed E-state index contributed by atoms with van der Waals surface area (Å²) in [5, 5.41) is 2.83. The number of amides is 1. The third kappa shape index (κ3) is 5.46. The molecule has 32 heavy (non-hydrogen) atoms. The molecule has 0 saturated carbocycles. The number of nitrogens with zero attached hydrogens (tertiary/aromatic N) is 3. The van der Waals surface area contributed by atoms with Crippen molar-refractivity contribution in [1.82, 2.24) is 20.3 Å². The van der Waals surface area contributed by atoms with Crippen LogP contribution in [0.5, 0.6) is 17.4 Å². The average Bonchev–Trinajstić information content (AvgIpc) is 2.83. The van der Waals surface area contributed by atoms with Crippen LogP contribution >= 0.6 is 0 Å². The van der Waals surface area contributed by atoms with Gasteiger partial charge in [-0.05, 0) is 42.8 Å². The molecule has 2 aromatic heterocycles. The van der Waals surface area contributed by atoms with Crippen LogP contribution in [0, 0.1) is 0 Å². The number of fused-ring (bicyclic) bond motifs is 1. The van der Waals surface area contributed by atoms with Gasteiger partial charge in [0.05, 0.1) is 29.5 Å². The molecule has 1 N–H and O–H groups in total. The summed E-state index contributed by atoms with van der Waals surface area (Å²) in [7, 11) is 0. The number of hydrogen-bond donors (Lipinski definition) is 1. The number of benzene rings is 2. The maximum Gasteiger partial charge on any atom is 0.244 e. The summed E-state index contributed by atoms with van der Waals surface area (Å²) >= 11 is 0. The highest BCUT2D eigenvalue weighted by Gasteiger charge is 2.06. The molecule has 2 heterocycles. The molecule has 7 nitrogen and oxygen atoms in total. The highest BCUT2D eigenvalue weighted by Crippen LogP contribution is 2.30. The molecule has 7 heteroatoms. The molecule has 160 valence electrons. The van der Waals surface area contributed by atoms with Crippen LogP contribution < -0.4 is 14.8 Å². The van der Waals surface area contributed by atoms with E-state index in [1.54, 1.807) is 24.5 Å². The van der Waals surface area contributed by atoms with Gasteiger partial charge in [0, 0.05) is 24.9 Å². The van der Waals surface area contributed by atoms with E-state index in [4.69, 9.17) is 9.47 Å². The van der Waals surface area contributed by atoms with E-state index in [1.165, 1.54) is 6.08 Å². The number of nitrogens with one attached hydrogen (secondary N) is 1. The lowest BCUT2D eigenvalue weighted by molar-refractivity contribution is -0.116. The molecule has 0 aliphatic rings. The van der Waals surface area contributed by atoms with Crippen LogP contribution in [0.2, 0.25) is 0 Å².